The van der Waals surface area contributed by atoms with Gasteiger partial charge < -0.3 is 19.7 Å². The van der Waals surface area contributed by atoms with Gasteiger partial charge >= 0.3 is 0 Å². The molecule has 25 heavy (non-hydrogen) atoms. The standard InChI is InChI=1S/C19H28N2O3.ClH/c1-23-15-6-7-16(18(12-15)24-2)17-4-3-11-21(17)19(22)8-5-14-9-10-20-13-14;/h6-7,12,14,17,20H,3-5,8-11,13H2,1-2H3;1H. The number of carbonyl (C=O) groups excluding carboxylic acids is 1. The van der Waals surface area contributed by atoms with Crippen LogP contribution in [0.5, 0.6) is 11.5 Å². The molecule has 2 saturated heterocycles. The van der Waals surface area contributed by atoms with Crippen LogP contribution in [-0.2, 0) is 4.79 Å². The Kier molecular flexibility index (Phi) is 7.38. The summed E-state index contributed by atoms with van der Waals surface area (Å²) in [5, 5.41) is 3.37. The van der Waals surface area contributed by atoms with Crippen molar-refractivity contribution in [3.8, 4) is 11.5 Å². The van der Waals surface area contributed by atoms with Crippen LogP contribution in [0.2, 0.25) is 0 Å². The third kappa shape index (κ3) is 4.59. The minimum Gasteiger partial charge on any atom is -0.497 e. The van der Waals surface area contributed by atoms with Crippen molar-refractivity contribution < 1.29 is 14.3 Å². The minimum atomic E-state index is 0. The van der Waals surface area contributed by atoms with Gasteiger partial charge in [0.2, 0.25) is 5.91 Å². The van der Waals surface area contributed by atoms with Crippen LogP contribution in [0.1, 0.15) is 43.7 Å². The summed E-state index contributed by atoms with van der Waals surface area (Å²) in [6.07, 6.45) is 4.90. The summed E-state index contributed by atoms with van der Waals surface area (Å²) in [6, 6.07) is 6.01. The van der Waals surface area contributed by atoms with Crippen molar-refractivity contribution in [2.75, 3.05) is 33.9 Å². The van der Waals surface area contributed by atoms with Gasteiger partial charge in [-0.2, -0.15) is 0 Å². The van der Waals surface area contributed by atoms with Crippen LogP contribution in [0, 0.1) is 5.92 Å². The molecule has 1 aromatic carbocycles. The fourth-order valence-corrected chi connectivity index (χ4v) is 3.91. The van der Waals surface area contributed by atoms with Gasteiger partial charge in [-0.25, -0.2) is 0 Å². The maximum Gasteiger partial charge on any atom is 0.223 e. The molecule has 0 radical (unpaired) electrons. The third-order valence-electron chi connectivity index (χ3n) is 5.30. The predicted molar refractivity (Wildman–Crippen MR) is 101 cm³/mol. The predicted octanol–water partition coefficient (Wildman–Crippen LogP) is 3.18. The van der Waals surface area contributed by atoms with Crippen molar-refractivity contribution >= 4 is 18.3 Å². The second-order valence-electron chi connectivity index (χ2n) is 6.75. The SMILES string of the molecule is COc1ccc(C2CCCN2C(=O)CCC2CCNC2)c(OC)c1.Cl. The number of hydrogen-bond donors (Lipinski definition) is 1. The summed E-state index contributed by atoms with van der Waals surface area (Å²) in [5.41, 5.74) is 1.09. The van der Waals surface area contributed by atoms with Gasteiger partial charge in [-0.3, -0.25) is 4.79 Å². The Hall–Kier alpha value is -1.46. The van der Waals surface area contributed by atoms with E-state index < -0.39 is 0 Å². The van der Waals surface area contributed by atoms with E-state index in [0.29, 0.717) is 12.3 Å². The third-order valence-corrected chi connectivity index (χ3v) is 5.30. The Morgan fingerprint density at radius 3 is 2.80 bits per heavy atom. The summed E-state index contributed by atoms with van der Waals surface area (Å²) in [4.78, 5) is 14.8. The van der Waals surface area contributed by atoms with Gasteiger partial charge in [0.15, 0.2) is 0 Å². The highest BCUT2D eigenvalue weighted by atomic mass is 35.5. The second-order valence-corrected chi connectivity index (χ2v) is 6.75. The first-order valence-electron chi connectivity index (χ1n) is 8.95. The largest absolute Gasteiger partial charge is 0.497 e. The van der Waals surface area contributed by atoms with Gasteiger partial charge in [-0.1, -0.05) is 0 Å². The van der Waals surface area contributed by atoms with E-state index in [-0.39, 0.29) is 24.4 Å². The fraction of sp³-hybridized carbons (Fsp3) is 0.632. The van der Waals surface area contributed by atoms with Crippen LogP contribution in [0.15, 0.2) is 18.2 Å². The van der Waals surface area contributed by atoms with E-state index in [1.807, 2.05) is 23.1 Å². The van der Waals surface area contributed by atoms with Crippen LogP contribution < -0.4 is 14.8 Å². The molecule has 2 aliphatic rings. The minimum absolute atomic E-state index is 0. The van der Waals surface area contributed by atoms with Crippen LogP contribution in [0.4, 0.5) is 0 Å². The molecule has 2 heterocycles. The lowest BCUT2D eigenvalue weighted by molar-refractivity contribution is -0.132. The number of benzene rings is 1. The number of ether oxygens (including phenoxy) is 2. The first-order chi connectivity index (χ1) is 11.7. The molecule has 1 aromatic rings. The van der Waals surface area contributed by atoms with Gasteiger partial charge in [0.1, 0.15) is 11.5 Å². The Morgan fingerprint density at radius 1 is 1.28 bits per heavy atom. The summed E-state index contributed by atoms with van der Waals surface area (Å²) in [5.74, 6) is 2.52. The van der Waals surface area contributed by atoms with Crippen molar-refractivity contribution in [2.45, 2.75) is 38.1 Å². The molecule has 2 aliphatic heterocycles. The maximum absolute atomic E-state index is 12.7. The Morgan fingerprint density at radius 2 is 2.12 bits per heavy atom. The molecule has 5 nitrogen and oxygen atoms in total. The number of methoxy groups -OCH3 is 2. The van der Waals surface area contributed by atoms with Crippen molar-refractivity contribution in [3.63, 3.8) is 0 Å². The lowest BCUT2D eigenvalue weighted by Crippen LogP contribution is -2.31. The topological polar surface area (TPSA) is 50.8 Å². The Labute approximate surface area is 156 Å². The smallest absolute Gasteiger partial charge is 0.223 e. The lowest BCUT2D eigenvalue weighted by atomic mass is 10.0. The molecule has 140 valence electrons. The number of halogens is 1. The van der Waals surface area contributed by atoms with Crippen molar-refractivity contribution in [1.82, 2.24) is 10.2 Å². The van der Waals surface area contributed by atoms with Crippen LogP contribution in [0.3, 0.4) is 0 Å². The van der Waals surface area contributed by atoms with Gasteiger partial charge in [0.25, 0.3) is 0 Å². The molecular weight excluding hydrogens is 340 g/mol. The van der Waals surface area contributed by atoms with Gasteiger partial charge in [0, 0.05) is 24.6 Å². The van der Waals surface area contributed by atoms with Gasteiger partial charge in [-0.15, -0.1) is 12.4 Å². The monoisotopic (exact) mass is 368 g/mol. The normalized spacial score (nSPS) is 22.6. The molecule has 0 bridgehead atoms. The molecule has 0 aliphatic carbocycles. The molecule has 2 atom stereocenters. The van der Waals surface area contributed by atoms with Crippen LogP contribution in [-0.4, -0.2) is 44.7 Å². The van der Waals surface area contributed by atoms with Gasteiger partial charge in [0.05, 0.1) is 20.3 Å². The number of hydrogen-bond acceptors (Lipinski definition) is 4. The van der Waals surface area contributed by atoms with E-state index in [0.717, 1.165) is 56.0 Å². The summed E-state index contributed by atoms with van der Waals surface area (Å²) < 4.78 is 10.8. The Bertz CT molecular complexity index is 576. The average Bonchev–Trinajstić information content (AvgIpc) is 3.30. The zero-order valence-corrected chi connectivity index (χ0v) is 15.9. The maximum atomic E-state index is 12.7. The summed E-state index contributed by atoms with van der Waals surface area (Å²) >= 11 is 0. The number of nitrogens with zero attached hydrogens (tertiary/aromatic N) is 1. The van der Waals surface area contributed by atoms with Crippen molar-refractivity contribution in [1.29, 1.82) is 0 Å². The van der Waals surface area contributed by atoms with E-state index in [1.165, 1.54) is 6.42 Å². The summed E-state index contributed by atoms with van der Waals surface area (Å²) in [6.45, 7) is 3.00. The summed E-state index contributed by atoms with van der Waals surface area (Å²) in [7, 11) is 3.32. The first-order valence-corrected chi connectivity index (χ1v) is 8.95. The number of carbonyl (C=O) groups is 1. The number of amides is 1. The molecule has 2 unspecified atom stereocenters. The average molecular weight is 369 g/mol. The molecule has 0 spiro atoms. The van der Waals surface area contributed by atoms with Gasteiger partial charge in [-0.05, 0) is 56.8 Å². The molecule has 1 N–H and O–H groups in total. The molecular formula is C19H29ClN2O3. The van der Waals surface area contributed by atoms with Crippen molar-refractivity contribution in [3.05, 3.63) is 23.8 Å². The van der Waals surface area contributed by atoms with E-state index in [1.54, 1.807) is 14.2 Å². The molecule has 3 rings (SSSR count). The highest BCUT2D eigenvalue weighted by Crippen LogP contribution is 2.39. The second kappa shape index (κ2) is 9.30. The highest BCUT2D eigenvalue weighted by Gasteiger charge is 2.32. The van der Waals surface area contributed by atoms with E-state index in [2.05, 4.69) is 5.32 Å². The highest BCUT2D eigenvalue weighted by molar-refractivity contribution is 5.85. The van der Waals surface area contributed by atoms with Crippen LogP contribution in [0.25, 0.3) is 0 Å². The molecule has 0 saturated carbocycles. The molecule has 1 amide bonds. The first kappa shape index (κ1) is 19.9. The molecule has 2 fully saturated rings. The van der Waals surface area contributed by atoms with E-state index in [9.17, 15) is 4.79 Å². The number of rotatable bonds is 6. The quantitative estimate of drug-likeness (QED) is 0.837. The zero-order chi connectivity index (χ0) is 16.9. The van der Waals surface area contributed by atoms with E-state index >= 15 is 0 Å². The molecule has 0 aromatic heterocycles. The fourth-order valence-electron chi connectivity index (χ4n) is 3.91. The lowest BCUT2D eigenvalue weighted by Gasteiger charge is -2.27. The van der Waals surface area contributed by atoms with Crippen LogP contribution >= 0.6 is 12.4 Å². The Balaban J connectivity index is 0.00000225. The van der Waals surface area contributed by atoms with E-state index in [4.69, 9.17) is 9.47 Å². The molecule has 6 heteroatoms. The number of likely N-dealkylation sites (tertiary alicyclic amines) is 1. The number of nitrogens with one attached hydrogen (secondary N) is 1. The zero-order valence-electron chi connectivity index (χ0n) is 15.1. The van der Waals surface area contributed by atoms with Crippen molar-refractivity contribution in [2.24, 2.45) is 5.92 Å².